The molecule has 0 aliphatic rings. The summed E-state index contributed by atoms with van der Waals surface area (Å²) in [6.07, 6.45) is 1.15. The van der Waals surface area contributed by atoms with Crippen molar-refractivity contribution in [3.8, 4) is 0 Å². The summed E-state index contributed by atoms with van der Waals surface area (Å²) in [6.45, 7) is 0. The van der Waals surface area contributed by atoms with E-state index in [1.54, 1.807) is 12.1 Å². The van der Waals surface area contributed by atoms with Crippen LogP contribution in [0.4, 0.5) is 0 Å². The molecule has 0 radical (unpaired) electrons. The molecule has 0 spiro atoms. The third kappa shape index (κ3) is 2.09. The summed E-state index contributed by atoms with van der Waals surface area (Å²) in [5, 5.41) is 8.68. The fraction of sp³-hybridized carbons (Fsp3) is 0.143. The lowest BCUT2D eigenvalue weighted by Gasteiger charge is -1.98. The van der Waals surface area contributed by atoms with Gasteiger partial charge in [0.05, 0.1) is 4.90 Å². The first-order valence-electron chi connectivity index (χ1n) is 3.44. The average molecular weight is 184 g/mol. The standard InChI is InChI=1S/C7H9BO3S/c1-12(10,11)7-4-2-6(8-9)3-5-7/h2-5,8-9H,1H3. The zero-order valence-corrected chi connectivity index (χ0v) is 7.50. The van der Waals surface area contributed by atoms with Crippen LogP contribution >= 0.6 is 0 Å². The van der Waals surface area contributed by atoms with Crippen molar-refractivity contribution in [1.82, 2.24) is 0 Å². The molecule has 12 heavy (non-hydrogen) atoms. The summed E-state index contributed by atoms with van der Waals surface area (Å²) in [7, 11) is -3.17. The highest BCUT2D eigenvalue weighted by Crippen LogP contribution is 2.04. The van der Waals surface area contributed by atoms with Crippen molar-refractivity contribution in [2.75, 3.05) is 6.26 Å². The summed E-state index contributed by atoms with van der Waals surface area (Å²) in [5.74, 6) is 0. The first-order valence-corrected chi connectivity index (χ1v) is 5.33. The molecule has 1 N–H and O–H groups in total. The molecule has 0 unspecified atom stereocenters. The average Bonchev–Trinajstić information content (AvgIpc) is 2.03. The molecule has 0 atom stereocenters. The fourth-order valence-corrected chi connectivity index (χ4v) is 1.47. The highest BCUT2D eigenvalue weighted by atomic mass is 32.2. The minimum absolute atomic E-state index is 0.0654. The van der Waals surface area contributed by atoms with Crippen LogP contribution in [-0.4, -0.2) is 27.2 Å². The van der Waals surface area contributed by atoms with E-state index in [2.05, 4.69) is 0 Å². The molecule has 0 aliphatic heterocycles. The van der Waals surface area contributed by atoms with Crippen LogP contribution in [0.5, 0.6) is 0 Å². The van der Waals surface area contributed by atoms with Gasteiger partial charge in [0.2, 0.25) is 0 Å². The Balaban J connectivity index is 3.09. The second kappa shape index (κ2) is 3.29. The van der Waals surface area contributed by atoms with Crippen LogP contribution in [0.25, 0.3) is 0 Å². The lowest BCUT2D eigenvalue weighted by Crippen LogP contribution is -2.13. The Morgan fingerprint density at radius 2 is 1.75 bits per heavy atom. The maximum absolute atomic E-state index is 11.0. The normalized spacial score (nSPS) is 11.2. The van der Waals surface area contributed by atoms with Crippen molar-refractivity contribution >= 4 is 22.8 Å². The number of sulfone groups is 1. The van der Waals surface area contributed by atoms with E-state index in [4.69, 9.17) is 5.02 Å². The second-order valence-electron chi connectivity index (χ2n) is 2.57. The fourth-order valence-electron chi connectivity index (χ4n) is 0.842. The third-order valence-corrected chi connectivity index (χ3v) is 2.66. The zero-order chi connectivity index (χ0) is 9.19. The predicted octanol–water partition coefficient (Wildman–Crippen LogP) is -0.941. The number of hydrogen-bond donors (Lipinski definition) is 1. The van der Waals surface area contributed by atoms with Crippen molar-refractivity contribution in [2.24, 2.45) is 0 Å². The van der Waals surface area contributed by atoms with Gasteiger partial charge in [-0.05, 0) is 12.1 Å². The quantitative estimate of drug-likeness (QED) is 0.603. The maximum Gasteiger partial charge on any atom is 0.304 e. The first kappa shape index (κ1) is 9.28. The van der Waals surface area contributed by atoms with Crippen LogP contribution in [0.1, 0.15) is 0 Å². The summed E-state index contributed by atoms with van der Waals surface area (Å²) in [5.41, 5.74) is 0.711. The Morgan fingerprint density at radius 1 is 1.25 bits per heavy atom. The molecule has 0 saturated heterocycles. The Labute approximate surface area is 72.2 Å². The molecule has 0 bridgehead atoms. The monoisotopic (exact) mass is 184 g/mol. The first-order chi connectivity index (χ1) is 5.54. The van der Waals surface area contributed by atoms with E-state index in [0.29, 0.717) is 5.46 Å². The predicted molar refractivity (Wildman–Crippen MR) is 48.6 cm³/mol. The van der Waals surface area contributed by atoms with E-state index in [1.807, 2.05) is 0 Å². The van der Waals surface area contributed by atoms with E-state index in [1.165, 1.54) is 12.1 Å². The van der Waals surface area contributed by atoms with Gasteiger partial charge in [0.25, 0.3) is 0 Å². The zero-order valence-electron chi connectivity index (χ0n) is 6.69. The molecular weight excluding hydrogens is 175 g/mol. The van der Waals surface area contributed by atoms with Gasteiger partial charge in [-0.15, -0.1) is 0 Å². The molecule has 0 fully saturated rings. The molecule has 0 aromatic heterocycles. The summed E-state index contributed by atoms with van der Waals surface area (Å²) in [6, 6.07) is 6.16. The number of rotatable bonds is 2. The van der Waals surface area contributed by atoms with Gasteiger partial charge in [-0.3, -0.25) is 0 Å². The SMILES string of the molecule is CS(=O)(=O)c1ccc(BO)cc1. The van der Waals surface area contributed by atoms with E-state index < -0.39 is 9.84 Å². The Morgan fingerprint density at radius 3 is 2.08 bits per heavy atom. The van der Waals surface area contributed by atoms with Gasteiger partial charge in [0.15, 0.2) is 9.84 Å². The van der Waals surface area contributed by atoms with Crippen LogP contribution in [0.15, 0.2) is 29.2 Å². The highest BCUT2D eigenvalue weighted by Gasteiger charge is 2.05. The van der Waals surface area contributed by atoms with Crippen LogP contribution in [-0.2, 0) is 9.84 Å². The lowest BCUT2D eigenvalue weighted by molar-refractivity contribution is 0.601. The molecule has 1 rings (SSSR count). The van der Waals surface area contributed by atoms with Gasteiger partial charge in [0.1, 0.15) is 0 Å². The van der Waals surface area contributed by atoms with Crippen molar-refractivity contribution in [1.29, 1.82) is 0 Å². The largest absolute Gasteiger partial charge is 0.449 e. The molecule has 1 aromatic carbocycles. The van der Waals surface area contributed by atoms with Crippen molar-refractivity contribution in [2.45, 2.75) is 4.90 Å². The van der Waals surface area contributed by atoms with Crippen LogP contribution in [0, 0.1) is 0 Å². The summed E-state index contributed by atoms with van der Waals surface area (Å²) < 4.78 is 21.9. The molecule has 64 valence electrons. The molecule has 0 heterocycles. The minimum atomic E-state index is -3.11. The Hall–Kier alpha value is -0.805. The van der Waals surface area contributed by atoms with Crippen molar-refractivity contribution < 1.29 is 13.4 Å². The van der Waals surface area contributed by atoms with Gasteiger partial charge < -0.3 is 5.02 Å². The number of hydrogen-bond acceptors (Lipinski definition) is 3. The van der Waals surface area contributed by atoms with Crippen LogP contribution in [0.3, 0.4) is 0 Å². The molecule has 5 heteroatoms. The van der Waals surface area contributed by atoms with E-state index in [0.717, 1.165) is 6.26 Å². The molecule has 0 aliphatic carbocycles. The smallest absolute Gasteiger partial charge is 0.304 e. The highest BCUT2D eigenvalue weighted by molar-refractivity contribution is 7.90. The van der Waals surface area contributed by atoms with Gasteiger partial charge in [-0.1, -0.05) is 17.6 Å². The molecule has 1 aromatic rings. The second-order valence-corrected chi connectivity index (χ2v) is 4.59. The Bertz CT molecular complexity index is 355. The van der Waals surface area contributed by atoms with E-state index in [-0.39, 0.29) is 12.4 Å². The maximum atomic E-state index is 11.0. The van der Waals surface area contributed by atoms with Crippen LogP contribution < -0.4 is 5.46 Å². The van der Waals surface area contributed by atoms with Gasteiger partial charge >= 0.3 is 7.48 Å². The minimum Gasteiger partial charge on any atom is -0.449 e. The lowest BCUT2D eigenvalue weighted by atomic mass is 9.89. The number of benzene rings is 1. The van der Waals surface area contributed by atoms with Crippen molar-refractivity contribution in [3.05, 3.63) is 24.3 Å². The van der Waals surface area contributed by atoms with E-state index >= 15 is 0 Å². The van der Waals surface area contributed by atoms with Gasteiger partial charge in [-0.2, -0.15) is 0 Å². The topological polar surface area (TPSA) is 54.4 Å². The van der Waals surface area contributed by atoms with Gasteiger partial charge in [-0.25, -0.2) is 8.42 Å². The third-order valence-electron chi connectivity index (χ3n) is 1.53. The van der Waals surface area contributed by atoms with Gasteiger partial charge in [0, 0.05) is 6.26 Å². The van der Waals surface area contributed by atoms with Crippen molar-refractivity contribution in [3.63, 3.8) is 0 Å². The molecular formula is C7H9BO3S. The summed E-state index contributed by atoms with van der Waals surface area (Å²) in [4.78, 5) is 0.278. The molecule has 0 amide bonds. The summed E-state index contributed by atoms with van der Waals surface area (Å²) >= 11 is 0. The Kier molecular flexibility index (Phi) is 2.54. The molecule has 3 nitrogen and oxygen atoms in total. The molecule has 0 saturated carbocycles. The van der Waals surface area contributed by atoms with E-state index in [9.17, 15) is 8.42 Å². The van der Waals surface area contributed by atoms with Crippen LogP contribution in [0.2, 0.25) is 0 Å².